The molecule has 0 saturated heterocycles. The molecule has 0 bridgehead atoms. The average molecular weight is 416 g/mol. The van der Waals surface area contributed by atoms with Crippen LogP contribution in [0.4, 0.5) is 10.1 Å². The van der Waals surface area contributed by atoms with Gasteiger partial charge in [-0.05, 0) is 62.6 Å². The number of nitrogens with one attached hydrogen (secondary N) is 1. The predicted octanol–water partition coefficient (Wildman–Crippen LogP) is 4.32. The second kappa shape index (κ2) is 8.50. The minimum absolute atomic E-state index is 0.0216. The molecular weight excluding hydrogens is 397 g/mol. The molecule has 0 aliphatic heterocycles. The van der Waals surface area contributed by atoms with Crippen LogP contribution < -0.4 is 5.32 Å². The van der Waals surface area contributed by atoms with E-state index < -0.39 is 24.3 Å². The molecule has 0 radical (unpaired) electrons. The molecule has 2 aromatic rings. The molecule has 0 atom stereocenters. The van der Waals surface area contributed by atoms with Crippen LogP contribution in [0.25, 0.3) is 6.08 Å². The van der Waals surface area contributed by atoms with Crippen molar-refractivity contribution in [3.8, 4) is 6.07 Å². The maximum Gasteiger partial charge on any atom is 0.349 e. The highest BCUT2D eigenvalue weighted by Gasteiger charge is 2.27. The molecule has 8 heteroatoms. The van der Waals surface area contributed by atoms with E-state index in [2.05, 4.69) is 9.88 Å². The van der Waals surface area contributed by atoms with Gasteiger partial charge in [0.05, 0.1) is 10.7 Å². The van der Waals surface area contributed by atoms with E-state index in [0.29, 0.717) is 6.04 Å². The van der Waals surface area contributed by atoms with E-state index in [1.165, 1.54) is 12.1 Å². The van der Waals surface area contributed by atoms with Gasteiger partial charge < -0.3 is 14.6 Å². The summed E-state index contributed by atoms with van der Waals surface area (Å²) < 4.78 is 20.2. The third kappa shape index (κ3) is 4.84. The number of amides is 1. The molecule has 1 heterocycles. The van der Waals surface area contributed by atoms with E-state index in [1.54, 1.807) is 0 Å². The molecule has 1 saturated carbocycles. The molecule has 1 amide bonds. The molecular formula is C21H19ClFN3O3. The lowest BCUT2D eigenvalue weighted by Gasteiger charge is -2.08. The highest BCUT2D eigenvalue weighted by atomic mass is 35.5. The van der Waals surface area contributed by atoms with Crippen LogP contribution in [0.1, 0.15) is 35.8 Å². The second-order valence-corrected chi connectivity index (χ2v) is 7.25. The number of ether oxygens (including phenoxy) is 1. The Bertz CT molecular complexity index is 1050. The van der Waals surface area contributed by atoms with Crippen LogP contribution in [-0.2, 0) is 14.3 Å². The summed E-state index contributed by atoms with van der Waals surface area (Å²) in [4.78, 5) is 24.2. The maximum atomic E-state index is 13.0. The van der Waals surface area contributed by atoms with Gasteiger partial charge in [-0.2, -0.15) is 5.26 Å². The fourth-order valence-corrected chi connectivity index (χ4v) is 3.34. The van der Waals surface area contributed by atoms with Crippen molar-refractivity contribution in [1.82, 2.24) is 4.57 Å². The first-order valence-electron chi connectivity index (χ1n) is 9.02. The largest absolute Gasteiger partial charge is 0.451 e. The summed E-state index contributed by atoms with van der Waals surface area (Å²) in [5.41, 5.74) is 2.81. The number of rotatable bonds is 6. The number of carbonyl (C=O) groups excluding carboxylic acids is 2. The first-order chi connectivity index (χ1) is 13.8. The lowest BCUT2D eigenvalue weighted by atomic mass is 10.1. The van der Waals surface area contributed by atoms with Gasteiger partial charge in [-0.1, -0.05) is 11.6 Å². The van der Waals surface area contributed by atoms with Gasteiger partial charge >= 0.3 is 5.97 Å². The van der Waals surface area contributed by atoms with Crippen molar-refractivity contribution in [2.24, 2.45) is 0 Å². The number of aryl methyl sites for hydroxylation is 1. The monoisotopic (exact) mass is 415 g/mol. The van der Waals surface area contributed by atoms with Gasteiger partial charge in [0.1, 0.15) is 17.5 Å². The maximum absolute atomic E-state index is 13.0. The lowest BCUT2D eigenvalue weighted by molar-refractivity contribution is -0.142. The van der Waals surface area contributed by atoms with Gasteiger partial charge in [-0.3, -0.25) is 4.79 Å². The minimum Gasteiger partial charge on any atom is -0.451 e. The molecule has 29 heavy (non-hydrogen) atoms. The van der Waals surface area contributed by atoms with Crippen molar-refractivity contribution in [3.05, 3.63) is 57.6 Å². The van der Waals surface area contributed by atoms with Crippen molar-refractivity contribution in [2.75, 3.05) is 11.9 Å². The summed E-state index contributed by atoms with van der Waals surface area (Å²) in [5, 5.41) is 11.8. The Balaban J connectivity index is 1.64. The van der Waals surface area contributed by atoms with Crippen molar-refractivity contribution < 1.29 is 18.7 Å². The number of nitrogens with zero attached hydrogens (tertiary/aromatic N) is 2. The summed E-state index contributed by atoms with van der Waals surface area (Å²) >= 11 is 5.84. The Morgan fingerprint density at radius 3 is 2.72 bits per heavy atom. The standard InChI is InChI=1S/C21H19ClFN3O3/c1-12-7-14(13(2)26(12)17-4-5-17)8-15(10-24)21(28)29-11-20(27)25-19-6-3-16(23)9-18(19)22/h3,6-9,17H,4-5,11H2,1-2H3,(H,25,27)/b15-8+. The molecule has 0 unspecified atom stereocenters. The summed E-state index contributed by atoms with van der Waals surface area (Å²) in [6, 6.07) is 7.72. The van der Waals surface area contributed by atoms with E-state index in [-0.39, 0.29) is 16.3 Å². The first-order valence-corrected chi connectivity index (χ1v) is 9.40. The minimum atomic E-state index is -0.899. The predicted molar refractivity (Wildman–Crippen MR) is 107 cm³/mol. The smallest absolute Gasteiger partial charge is 0.349 e. The van der Waals surface area contributed by atoms with Gasteiger partial charge in [0.2, 0.25) is 0 Å². The van der Waals surface area contributed by atoms with Crippen LogP contribution in [-0.4, -0.2) is 23.1 Å². The van der Waals surface area contributed by atoms with Crippen LogP contribution in [0.15, 0.2) is 29.8 Å². The number of carbonyl (C=O) groups is 2. The number of anilines is 1. The van der Waals surface area contributed by atoms with E-state index >= 15 is 0 Å². The second-order valence-electron chi connectivity index (χ2n) is 6.85. The van der Waals surface area contributed by atoms with Crippen LogP contribution in [0.5, 0.6) is 0 Å². The normalized spacial score (nSPS) is 13.7. The highest BCUT2D eigenvalue weighted by Crippen LogP contribution is 2.38. The highest BCUT2D eigenvalue weighted by molar-refractivity contribution is 6.33. The number of aromatic nitrogens is 1. The molecule has 1 N–H and O–H groups in total. The molecule has 1 aliphatic carbocycles. The third-order valence-corrected chi connectivity index (χ3v) is 4.93. The Labute approximate surface area is 172 Å². The zero-order valence-corrected chi connectivity index (χ0v) is 16.7. The number of hydrogen-bond acceptors (Lipinski definition) is 4. The molecule has 150 valence electrons. The number of hydrogen-bond donors (Lipinski definition) is 1. The third-order valence-electron chi connectivity index (χ3n) is 4.62. The van der Waals surface area contributed by atoms with Crippen molar-refractivity contribution in [1.29, 1.82) is 5.26 Å². The molecule has 1 fully saturated rings. The SMILES string of the molecule is Cc1cc(/C=C(\C#N)C(=O)OCC(=O)Nc2ccc(F)cc2Cl)c(C)n1C1CC1. The Morgan fingerprint density at radius 1 is 1.38 bits per heavy atom. The number of halogens is 2. The Kier molecular flexibility index (Phi) is 6.04. The summed E-state index contributed by atoms with van der Waals surface area (Å²) in [6.07, 6.45) is 3.72. The van der Waals surface area contributed by atoms with Gasteiger partial charge in [-0.25, -0.2) is 9.18 Å². The molecule has 1 aromatic heterocycles. The van der Waals surface area contributed by atoms with Gasteiger partial charge in [-0.15, -0.1) is 0 Å². The summed E-state index contributed by atoms with van der Waals surface area (Å²) in [5.74, 6) is -2.09. The average Bonchev–Trinajstić information content (AvgIpc) is 3.46. The van der Waals surface area contributed by atoms with Gasteiger partial charge in [0.25, 0.3) is 5.91 Å². The molecule has 3 rings (SSSR count). The fourth-order valence-electron chi connectivity index (χ4n) is 3.12. The number of esters is 1. The van der Waals surface area contributed by atoms with E-state index in [9.17, 15) is 19.2 Å². The van der Waals surface area contributed by atoms with Gasteiger partial charge in [0, 0.05) is 17.4 Å². The summed E-state index contributed by atoms with van der Waals surface area (Å²) in [7, 11) is 0. The van der Waals surface area contributed by atoms with Crippen LogP contribution >= 0.6 is 11.6 Å². The van der Waals surface area contributed by atoms with Crippen molar-refractivity contribution in [3.63, 3.8) is 0 Å². The molecule has 1 aromatic carbocycles. The lowest BCUT2D eigenvalue weighted by Crippen LogP contribution is -2.21. The van der Waals surface area contributed by atoms with Crippen molar-refractivity contribution in [2.45, 2.75) is 32.7 Å². The first kappa shape index (κ1) is 20.6. The van der Waals surface area contributed by atoms with E-state index in [4.69, 9.17) is 16.3 Å². The van der Waals surface area contributed by atoms with Crippen LogP contribution in [0, 0.1) is 31.0 Å². The molecule has 6 nitrogen and oxygen atoms in total. The Hall–Kier alpha value is -3.11. The van der Waals surface area contributed by atoms with Gasteiger partial charge in [0.15, 0.2) is 6.61 Å². The molecule has 1 aliphatic rings. The number of nitriles is 1. The summed E-state index contributed by atoms with van der Waals surface area (Å²) in [6.45, 7) is 3.32. The molecule has 0 spiro atoms. The number of benzene rings is 1. The topological polar surface area (TPSA) is 84.1 Å². The van der Waals surface area contributed by atoms with E-state index in [0.717, 1.165) is 41.9 Å². The zero-order valence-electron chi connectivity index (χ0n) is 16.0. The zero-order chi connectivity index (χ0) is 21.1. The van der Waals surface area contributed by atoms with Crippen LogP contribution in [0.2, 0.25) is 5.02 Å². The van der Waals surface area contributed by atoms with E-state index in [1.807, 2.05) is 26.0 Å². The van der Waals surface area contributed by atoms with Crippen molar-refractivity contribution >= 4 is 35.2 Å². The fraction of sp³-hybridized carbons (Fsp3) is 0.286. The Morgan fingerprint density at radius 2 is 2.10 bits per heavy atom. The van der Waals surface area contributed by atoms with Crippen LogP contribution in [0.3, 0.4) is 0 Å². The quantitative estimate of drug-likeness (QED) is 0.432.